The normalized spacial score (nSPS) is 15.6. The largest absolute Gasteiger partial charge is 0.508 e. The van der Waals surface area contributed by atoms with Gasteiger partial charge in [-0.1, -0.05) is 18.2 Å². The van der Waals surface area contributed by atoms with Crippen molar-refractivity contribution in [1.82, 2.24) is 5.32 Å². The van der Waals surface area contributed by atoms with Crippen LogP contribution in [-0.2, 0) is 6.42 Å². The number of carbonyl (C=O) groups is 1. The number of urea groups is 1. The van der Waals surface area contributed by atoms with Crippen molar-refractivity contribution in [3.05, 3.63) is 54.1 Å². The number of anilines is 2. The summed E-state index contributed by atoms with van der Waals surface area (Å²) in [6.07, 6.45) is 2.90. The Bertz CT molecular complexity index is 715. The standard InChI is InChI=1S/C20H25N3O2/c1-15(6-7-16-8-10-19(24)11-9-16)22-17-4-2-5-18(14-17)23-13-3-12-21-20(23)25/h2,4-5,8-11,14-15,22,24H,3,6-7,12-13H2,1H3,(H,21,25)/t15-/m0/s1. The van der Waals surface area contributed by atoms with Gasteiger partial charge < -0.3 is 15.7 Å². The molecule has 1 aliphatic heterocycles. The SMILES string of the molecule is C[C@@H](CCc1ccc(O)cc1)Nc1cccc(N2CCCNC2=O)c1. The van der Waals surface area contributed by atoms with Gasteiger partial charge in [-0.05, 0) is 62.1 Å². The van der Waals surface area contributed by atoms with Crippen LogP contribution in [0.4, 0.5) is 16.2 Å². The van der Waals surface area contributed by atoms with Crippen LogP contribution >= 0.6 is 0 Å². The Kier molecular flexibility index (Phi) is 5.43. The number of benzene rings is 2. The van der Waals surface area contributed by atoms with Crippen LogP contribution in [0, 0.1) is 0 Å². The first-order chi connectivity index (χ1) is 12.1. The molecule has 0 spiro atoms. The lowest BCUT2D eigenvalue weighted by atomic mass is 10.1. The molecule has 2 aromatic rings. The average molecular weight is 339 g/mol. The molecule has 132 valence electrons. The van der Waals surface area contributed by atoms with Gasteiger partial charge in [0.05, 0.1) is 0 Å². The topological polar surface area (TPSA) is 64.6 Å². The summed E-state index contributed by atoms with van der Waals surface area (Å²) in [5.74, 6) is 0.300. The van der Waals surface area contributed by atoms with Crippen molar-refractivity contribution in [2.24, 2.45) is 0 Å². The Hall–Kier alpha value is -2.69. The molecule has 0 radical (unpaired) electrons. The van der Waals surface area contributed by atoms with Gasteiger partial charge in [0, 0.05) is 30.5 Å². The van der Waals surface area contributed by atoms with E-state index in [1.165, 1.54) is 5.56 Å². The first-order valence-corrected chi connectivity index (χ1v) is 8.82. The molecule has 1 aliphatic rings. The summed E-state index contributed by atoms with van der Waals surface area (Å²) in [5, 5.41) is 15.7. The molecule has 0 bridgehead atoms. The average Bonchev–Trinajstić information content (AvgIpc) is 2.62. The number of rotatable bonds is 6. The van der Waals surface area contributed by atoms with Crippen molar-refractivity contribution in [3.8, 4) is 5.75 Å². The molecule has 0 aliphatic carbocycles. The van der Waals surface area contributed by atoms with E-state index in [-0.39, 0.29) is 6.03 Å². The lowest BCUT2D eigenvalue weighted by Gasteiger charge is -2.28. The van der Waals surface area contributed by atoms with Crippen LogP contribution in [0.25, 0.3) is 0 Å². The predicted octanol–water partition coefficient (Wildman–Crippen LogP) is 3.75. The highest BCUT2D eigenvalue weighted by Gasteiger charge is 2.19. The van der Waals surface area contributed by atoms with Gasteiger partial charge >= 0.3 is 6.03 Å². The van der Waals surface area contributed by atoms with E-state index in [0.717, 1.165) is 43.7 Å². The first-order valence-electron chi connectivity index (χ1n) is 8.82. The summed E-state index contributed by atoms with van der Waals surface area (Å²) in [7, 11) is 0. The number of nitrogens with zero attached hydrogens (tertiary/aromatic N) is 1. The molecule has 0 saturated carbocycles. The molecule has 1 fully saturated rings. The van der Waals surface area contributed by atoms with Crippen molar-refractivity contribution in [2.45, 2.75) is 32.2 Å². The molecule has 5 nitrogen and oxygen atoms in total. The van der Waals surface area contributed by atoms with Crippen LogP contribution in [0.2, 0.25) is 0 Å². The molecular formula is C20H25N3O2. The smallest absolute Gasteiger partial charge is 0.321 e. The van der Waals surface area contributed by atoms with Gasteiger partial charge in [-0.15, -0.1) is 0 Å². The van der Waals surface area contributed by atoms with Crippen LogP contribution in [-0.4, -0.2) is 30.3 Å². The first kappa shape index (κ1) is 17.1. The van der Waals surface area contributed by atoms with Gasteiger partial charge in [0.2, 0.25) is 0 Å². The number of hydrogen-bond acceptors (Lipinski definition) is 3. The Morgan fingerprint density at radius 1 is 1.24 bits per heavy atom. The number of aromatic hydroxyl groups is 1. The number of nitrogens with one attached hydrogen (secondary N) is 2. The van der Waals surface area contributed by atoms with Gasteiger partial charge in [0.1, 0.15) is 5.75 Å². The van der Waals surface area contributed by atoms with Gasteiger partial charge in [0.25, 0.3) is 0 Å². The van der Waals surface area contributed by atoms with Gasteiger partial charge in [-0.2, -0.15) is 0 Å². The minimum Gasteiger partial charge on any atom is -0.508 e. The summed E-state index contributed by atoms with van der Waals surface area (Å²) < 4.78 is 0. The highest BCUT2D eigenvalue weighted by Crippen LogP contribution is 2.22. The molecule has 0 aromatic heterocycles. The van der Waals surface area contributed by atoms with Crippen LogP contribution in [0.15, 0.2) is 48.5 Å². The maximum Gasteiger partial charge on any atom is 0.321 e. The molecule has 1 saturated heterocycles. The van der Waals surface area contributed by atoms with E-state index in [2.05, 4.69) is 17.6 Å². The fourth-order valence-corrected chi connectivity index (χ4v) is 3.04. The summed E-state index contributed by atoms with van der Waals surface area (Å²) in [6, 6.07) is 15.6. The predicted molar refractivity (Wildman–Crippen MR) is 101 cm³/mol. The van der Waals surface area contributed by atoms with E-state index < -0.39 is 0 Å². The van der Waals surface area contributed by atoms with E-state index in [0.29, 0.717) is 11.8 Å². The van der Waals surface area contributed by atoms with Crippen LogP contribution < -0.4 is 15.5 Å². The van der Waals surface area contributed by atoms with Crippen LogP contribution in [0.1, 0.15) is 25.3 Å². The molecule has 3 N–H and O–H groups in total. The second-order valence-corrected chi connectivity index (χ2v) is 6.54. The zero-order valence-corrected chi connectivity index (χ0v) is 14.5. The zero-order valence-electron chi connectivity index (χ0n) is 14.5. The molecule has 0 unspecified atom stereocenters. The van der Waals surface area contributed by atoms with Crippen molar-refractivity contribution in [1.29, 1.82) is 0 Å². The lowest BCUT2D eigenvalue weighted by Crippen LogP contribution is -2.46. The molecule has 1 heterocycles. The minimum atomic E-state index is -0.0243. The van der Waals surface area contributed by atoms with Crippen LogP contribution in [0.3, 0.4) is 0 Å². The van der Waals surface area contributed by atoms with E-state index in [9.17, 15) is 9.90 Å². The number of hydrogen-bond donors (Lipinski definition) is 3. The quantitative estimate of drug-likeness (QED) is 0.751. The third kappa shape index (κ3) is 4.66. The third-order valence-corrected chi connectivity index (χ3v) is 4.45. The second kappa shape index (κ2) is 7.92. The van der Waals surface area contributed by atoms with Crippen molar-refractivity contribution >= 4 is 17.4 Å². The summed E-state index contributed by atoms with van der Waals surface area (Å²) >= 11 is 0. The molecule has 2 amide bonds. The number of phenols is 1. The third-order valence-electron chi connectivity index (χ3n) is 4.45. The highest BCUT2D eigenvalue weighted by molar-refractivity contribution is 5.93. The maximum absolute atomic E-state index is 12.0. The lowest BCUT2D eigenvalue weighted by molar-refractivity contribution is 0.243. The fourth-order valence-electron chi connectivity index (χ4n) is 3.04. The molecular weight excluding hydrogens is 314 g/mol. The van der Waals surface area contributed by atoms with Gasteiger partial charge in [-0.25, -0.2) is 4.79 Å². The number of phenolic OH excluding ortho intramolecular Hbond substituents is 1. The molecule has 1 atom stereocenters. The minimum absolute atomic E-state index is 0.0243. The molecule has 2 aromatic carbocycles. The molecule has 5 heteroatoms. The van der Waals surface area contributed by atoms with E-state index in [1.54, 1.807) is 17.0 Å². The Balaban J connectivity index is 1.57. The Labute approximate surface area is 148 Å². The monoisotopic (exact) mass is 339 g/mol. The summed E-state index contributed by atoms with van der Waals surface area (Å²) in [5.41, 5.74) is 3.16. The van der Waals surface area contributed by atoms with E-state index in [4.69, 9.17) is 0 Å². The second-order valence-electron chi connectivity index (χ2n) is 6.54. The van der Waals surface area contributed by atoms with E-state index in [1.807, 2.05) is 36.4 Å². The Morgan fingerprint density at radius 3 is 2.80 bits per heavy atom. The fraction of sp³-hybridized carbons (Fsp3) is 0.350. The summed E-state index contributed by atoms with van der Waals surface area (Å²) in [4.78, 5) is 13.8. The summed E-state index contributed by atoms with van der Waals surface area (Å²) in [6.45, 7) is 3.66. The zero-order chi connectivity index (χ0) is 17.6. The highest BCUT2D eigenvalue weighted by atomic mass is 16.3. The molecule has 3 rings (SSSR count). The number of carbonyl (C=O) groups excluding carboxylic acids is 1. The van der Waals surface area contributed by atoms with Crippen LogP contribution in [0.5, 0.6) is 5.75 Å². The van der Waals surface area contributed by atoms with Crippen molar-refractivity contribution in [2.75, 3.05) is 23.3 Å². The van der Waals surface area contributed by atoms with Gasteiger partial charge in [-0.3, -0.25) is 4.90 Å². The maximum atomic E-state index is 12.0. The number of amides is 2. The number of aryl methyl sites for hydroxylation is 1. The van der Waals surface area contributed by atoms with Crippen molar-refractivity contribution < 1.29 is 9.90 Å². The van der Waals surface area contributed by atoms with Gasteiger partial charge in [0.15, 0.2) is 0 Å². The van der Waals surface area contributed by atoms with Crippen molar-refractivity contribution in [3.63, 3.8) is 0 Å². The van der Waals surface area contributed by atoms with E-state index >= 15 is 0 Å². The Morgan fingerprint density at radius 2 is 2.04 bits per heavy atom. The molecule has 25 heavy (non-hydrogen) atoms.